The van der Waals surface area contributed by atoms with Gasteiger partial charge in [-0.25, -0.2) is 12.7 Å². The molecule has 0 aromatic heterocycles. The van der Waals surface area contributed by atoms with Gasteiger partial charge in [-0.05, 0) is 36.5 Å². The average molecular weight is 292 g/mol. The van der Waals surface area contributed by atoms with Crippen molar-refractivity contribution in [1.29, 1.82) is 5.26 Å². The summed E-state index contributed by atoms with van der Waals surface area (Å²) in [5, 5.41) is 8.74. The second-order valence-electron chi connectivity index (χ2n) is 5.34. The molecule has 0 bridgehead atoms. The minimum atomic E-state index is -3.25. The van der Waals surface area contributed by atoms with E-state index >= 15 is 0 Å². The highest BCUT2D eigenvalue weighted by Crippen LogP contribution is 2.23. The molecule has 0 amide bonds. The van der Waals surface area contributed by atoms with Gasteiger partial charge in [0.2, 0.25) is 10.0 Å². The molecule has 0 N–H and O–H groups in total. The number of benzene rings is 1. The molecule has 20 heavy (non-hydrogen) atoms. The van der Waals surface area contributed by atoms with Gasteiger partial charge in [0, 0.05) is 13.1 Å². The van der Waals surface area contributed by atoms with Crippen molar-refractivity contribution >= 4 is 10.0 Å². The van der Waals surface area contributed by atoms with Crippen molar-refractivity contribution in [2.24, 2.45) is 5.92 Å². The van der Waals surface area contributed by atoms with Crippen LogP contribution in [0.25, 0.3) is 0 Å². The van der Waals surface area contributed by atoms with Crippen molar-refractivity contribution in [3.8, 4) is 6.07 Å². The van der Waals surface area contributed by atoms with Crippen LogP contribution in [0.15, 0.2) is 24.3 Å². The molecule has 0 aliphatic carbocycles. The van der Waals surface area contributed by atoms with Crippen LogP contribution in [0.4, 0.5) is 0 Å². The molecular weight excluding hydrogens is 272 g/mol. The van der Waals surface area contributed by atoms with Crippen molar-refractivity contribution in [2.45, 2.75) is 31.9 Å². The van der Waals surface area contributed by atoms with Gasteiger partial charge < -0.3 is 0 Å². The highest BCUT2D eigenvalue weighted by molar-refractivity contribution is 7.88. The monoisotopic (exact) mass is 292 g/mol. The number of sulfonamides is 1. The van der Waals surface area contributed by atoms with Gasteiger partial charge in [0.15, 0.2) is 0 Å². The van der Waals surface area contributed by atoms with E-state index in [0.717, 1.165) is 24.8 Å². The van der Waals surface area contributed by atoms with Gasteiger partial charge in [-0.3, -0.25) is 0 Å². The van der Waals surface area contributed by atoms with Gasteiger partial charge >= 0.3 is 0 Å². The summed E-state index contributed by atoms with van der Waals surface area (Å²) in [7, 11) is -3.25. The van der Waals surface area contributed by atoms with Gasteiger partial charge in [-0.2, -0.15) is 5.26 Å². The fraction of sp³-hybridized carbons (Fsp3) is 0.533. The van der Waals surface area contributed by atoms with Crippen LogP contribution in [-0.4, -0.2) is 25.8 Å². The summed E-state index contributed by atoms with van der Waals surface area (Å²) in [6.07, 6.45) is 3.10. The first-order valence-corrected chi connectivity index (χ1v) is 8.63. The quantitative estimate of drug-likeness (QED) is 0.856. The first-order chi connectivity index (χ1) is 9.55. The lowest BCUT2D eigenvalue weighted by atomic mass is 9.97. The predicted molar refractivity (Wildman–Crippen MR) is 78.4 cm³/mol. The Morgan fingerprint density at radius 2 is 2.05 bits per heavy atom. The number of piperidine rings is 1. The molecule has 1 unspecified atom stereocenters. The lowest BCUT2D eigenvalue weighted by Crippen LogP contribution is -2.40. The Bertz CT molecular complexity index is 587. The van der Waals surface area contributed by atoms with Crippen molar-refractivity contribution in [1.82, 2.24) is 4.31 Å². The van der Waals surface area contributed by atoms with Crippen molar-refractivity contribution in [3.63, 3.8) is 0 Å². The predicted octanol–water partition coefficient (Wildman–Crippen LogP) is 2.51. The molecule has 4 nitrogen and oxygen atoms in total. The Morgan fingerprint density at radius 1 is 1.35 bits per heavy atom. The SMILES string of the molecule is CCC1CCCN(S(=O)(=O)Cc2ccc(C#N)cc2)C1. The molecular formula is C15H20N2O2S. The summed E-state index contributed by atoms with van der Waals surface area (Å²) < 4.78 is 26.5. The summed E-state index contributed by atoms with van der Waals surface area (Å²) in [5.74, 6) is 0.509. The molecule has 1 atom stereocenters. The summed E-state index contributed by atoms with van der Waals surface area (Å²) in [4.78, 5) is 0. The van der Waals surface area contributed by atoms with E-state index in [1.54, 1.807) is 28.6 Å². The maximum absolute atomic E-state index is 12.4. The second-order valence-corrected chi connectivity index (χ2v) is 7.31. The van der Waals surface area contributed by atoms with Crippen molar-refractivity contribution in [2.75, 3.05) is 13.1 Å². The third-order valence-electron chi connectivity index (χ3n) is 3.88. The smallest absolute Gasteiger partial charge is 0.212 e. The highest BCUT2D eigenvalue weighted by Gasteiger charge is 2.28. The van der Waals surface area contributed by atoms with Crippen LogP contribution in [0.5, 0.6) is 0 Å². The Balaban J connectivity index is 2.08. The number of nitriles is 1. The molecule has 1 aromatic carbocycles. The lowest BCUT2D eigenvalue weighted by Gasteiger charge is -2.31. The molecule has 1 aromatic rings. The fourth-order valence-electron chi connectivity index (χ4n) is 2.59. The zero-order valence-electron chi connectivity index (χ0n) is 11.7. The van der Waals surface area contributed by atoms with Crippen molar-refractivity contribution < 1.29 is 8.42 Å². The number of rotatable bonds is 4. The third kappa shape index (κ3) is 3.59. The molecule has 5 heteroatoms. The lowest BCUT2D eigenvalue weighted by molar-refractivity contribution is 0.261. The van der Waals surface area contributed by atoms with E-state index in [2.05, 4.69) is 6.92 Å². The molecule has 0 radical (unpaired) electrons. The maximum Gasteiger partial charge on any atom is 0.218 e. The summed E-state index contributed by atoms with van der Waals surface area (Å²) >= 11 is 0. The Hall–Kier alpha value is -1.38. The van der Waals surface area contributed by atoms with E-state index in [4.69, 9.17) is 5.26 Å². The minimum absolute atomic E-state index is 0.0230. The number of hydrogen-bond acceptors (Lipinski definition) is 3. The van der Waals surface area contributed by atoms with E-state index in [-0.39, 0.29) is 5.75 Å². The first-order valence-electron chi connectivity index (χ1n) is 7.02. The van der Waals surface area contributed by atoms with Crippen molar-refractivity contribution in [3.05, 3.63) is 35.4 Å². The number of hydrogen-bond donors (Lipinski definition) is 0. The van der Waals surface area contributed by atoms with E-state index in [1.165, 1.54) is 0 Å². The van der Waals surface area contributed by atoms with E-state index in [0.29, 0.717) is 24.6 Å². The summed E-state index contributed by atoms with van der Waals surface area (Å²) in [5.41, 5.74) is 1.29. The van der Waals surface area contributed by atoms with Gasteiger partial charge in [-0.1, -0.05) is 25.5 Å². The van der Waals surface area contributed by atoms with Gasteiger partial charge in [0.05, 0.1) is 17.4 Å². The molecule has 1 fully saturated rings. The number of nitrogens with zero attached hydrogens (tertiary/aromatic N) is 2. The van der Waals surface area contributed by atoms with Gasteiger partial charge in [0.1, 0.15) is 0 Å². The zero-order valence-corrected chi connectivity index (χ0v) is 12.6. The summed E-state index contributed by atoms with van der Waals surface area (Å²) in [6.45, 7) is 3.39. The van der Waals surface area contributed by atoms with Crippen LogP contribution in [-0.2, 0) is 15.8 Å². The van der Waals surface area contributed by atoms with Gasteiger partial charge in [0.25, 0.3) is 0 Å². The standard InChI is InChI=1S/C15H20N2O2S/c1-2-13-4-3-9-17(11-13)20(18,19)12-15-7-5-14(10-16)6-8-15/h5-8,13H,2-4,9,11-12H2,1H3. The Labute approximate surface area is 121 Å². The van der Waals surface area contributed by atoms with Crippen LogP contribution in [0.2, 0.25) is 0 Å². The molecule has 1 saturated heterocycles. The summed E-state index contributed by atoms with van der Waals surface area (Å²) in [6, 6.07) is 8.80. The van der Waals surface area contributed by atoms with Crippen LogP contribution < -0.4 is 0 Å². The van der Waals surface area contributed by atoms with Crippen LogP contribution in [0.3, 0.4) is 0 Å². The molecule has 1 aliphatic heterocycles. The molecule has 0 spiro atoms. The average Bonchev–Trinajstić information content (AvgIpc) is 2.48. The molecule has 1 heterocycles. The second kappa shape index (κ2) is 6.38. The minimum Gasteiger partial charge on any atom is -0.212 e. The topological polar surface area (TPSA) is 61.2 Å². The van der Waals surface area contributed by atoms with E-state index in [1.807, 2.05) is 6.07 Å². The fourth-order valence-corrected chi connectivity index (χ4v) is 4.23. The molecule has 1 aliphatic rings. The first kappa shape index (κ1) is 15.0. The normalized spacial score (nSPS) is 20.5. The van der Waals surface area contributed by atoms with E-state index in [9.17, 15) is 8.42 Å². The molecule has 2 rings (SSSR count). The highest BCUT2D eigenvalue weighted by atomic mass is 32.2. The van der Waals surface area contributed by atoms with Crippen LogP contribution in [0, 0.1) is 17.2 Å². The molecule has 0 saturated carbocycles. The van der Waals surface area contributed by atoms with E-state index < -0.39 is 10.0 Å². The molecule has 108 valence electrons. The van der Waals surface area contributed by atoms with Crippen LogP contribution in [0.1, 0.15) is 37.3 Å². The van der Waals surface area contributed by atoms with Crippen LogP contribution >= 0.6 is 0 Å². The van der Waals surface area contributed by atoms with Gasteiger partial charge in [-0.15, -0.1) is 0 Å². The Morgan fingerprint density at radius 3 is 2.65 bits per heavy atom. The largest absolute Gasteiger partial charge is 0.218 e. The zero-order chi connectivity index (χ0) is 14.6. The Kier molecular flexibility index (Phi) is 4.79. The maximum atomic E-state index is 12.4. The third-order valence-corrected chi connectivity index (χ3v) is 5.70.